The predicted molar refractivity (Wildman–Crippen MR) is 129 cm³/mol. The van der Waals surface area contributed by atoms with Crippen LogP contribution < -0.4 is 9.80 Å². The van der Waals surface area contributed by atoms with E-state index in [1.54, 1.807) is 10.7 Å². The Bertz CT molecular complexity index is 1370. The van der Waals surface area contributed by atoms with Crippen molar-refractivity contribution >= 4 is 17.3 Å². The Morgan fingerprint density at radius 2 is 1.77 bits per heavy atom. The van der Waals surface area contributed by atoms with E-state index >= 15 is 0 Å². The maximum atomic E-state index is 14.6. The average molecular weight is 477 g/mol. The average Bonchev–Trinajstić information content (AvgIpc) is 3.53. The van der Waals surface area contributed by atoms with Crippen LogP contribution in [0.5, 0.6) is 0 Å². The van der Waals surface area contributed by atoms with Crippen LogP contribution in [0.1, 0.15) is 37.3 Å². The molecule has 0 amide bonds. The first-order valence-electron chi connectivity index (χ1n) is 12.0. The number of aliphatic hydroxyl groups excluding tert-OH is 1. The summed E-state index contributed by atoms with van der Waals surface area (Å²) < 4.78 is 30.2. The largest absolute Gasteiger partial charge is 0.393 e. The number of imidazole rings is 1. The number of nitrogens with zero attached hydrogens (tertiary/aromatic N) is 6. The van der Waals surface area contributed by atoms with E-state index in [9.17, 15) is 13.9 Å². The van der Waals surface area contributed by atoms with Gasteiger partial charge in [0.15, 0.2) is 5.65 Å². The van der Waals surface area contributed by atoms with Crippen LogP contribution >= 0.6 is 0 Å². The van der Waals surface area contributed by atoms with Crippen LogP contribution in [-0.2, 0) is 0 Å². The van der Waals surface area contributed by atoms with Crippen molar-refractivity contribution in [2.24, 2.45) is 0 Å². The number of anilines is 2. The van der Waals surface area contributed by atoms with Gasteiger partial charge in [0.1, 0.15) is 29.0 Å². The Kier molecular flexibility index (Phi) is 5.56. The number of rotatable bonds is 4. The second-order valence-corrected chi connectivity index (χ2v) is 9.22. The molecule has 6 rings (SSSR count). The van der Waals surface area contributed by atoms with E-state index in [0.29, 0.717) is 23.6 Å². The molecule has 0 aliphatic carbocycles. The van der Waals surface area contributed by atoms with Gasteiger partial charge < -0.3 is 14.9 Å². The molecule has 5 heterocycles. The van der Waals surface area contributed by atoms with Crippen LogP contribution in [0.3, 0.4) is 0 Å². The highest BCUT2D eigenvalue weighted by Crippen LogP contribution is 2.37. The molecule has 4 aromatic rings. The number of fused-ring (bicyclic) bond motifs is 1. The van der Waals surface area contributed by atoms with Crippen LogP contribution in [0, 0.1) is 11.6 Å². The molecule has 2 aliphatic heterocycles. The lowest BCUT2D eigenvalue weighted by molar-refractivity contribution is 0.145. The Labute approximate surface area is 201 Å². The molecule has 180 valence electrons. The summed E-state index contributed by atoms with van der Waals surface area (Å²) >= 11 is 0. The molecule has 2 saturated heterocycles. The molecular formula is C26H26F2N6O. The molecule has 7 nitrogen and oxygen atoms in total. The fraction of sp³-hybridized carbons (Fsp3) is 0.346. The minimum Gasteiger partial charge on any atom is -0.393 e. The number of piperidine rings is 1. The minimum atomic E-state index is -0.442. The Hall–Kier alpha value is -3.59. The summed E-state index contributed by atoms with van der Waals surface area (Å²) in [5.74, 6) is 0.701. The van der Waals surface area contributed by atoms with E-state index in [4.69, 9.17) is 10.1 Å². The molecule has 1 N–H and O–H groups in total. The summed E-state index contributed by atoms with van der Waals surface area (Å²) in [5.41, 5.74) is 2.55. The zero-order valence-electron chi connectivity index (χ0n) is 19.2. The molecule has 0 saturated carbocycles. The van der Waals surface area contributed by atoms with E-state index < -0.39 is 11.6 Å². The van der Waals surface area contributed by atoms with E-state index in [-0.39, 0.29) is 12.1 Å². The standard InChI is InChI=1S/C26H26F2N6O/c27-17-6-7-20(28)19(15-17)22-4-2-12-33(22)26-9-8-24-29-16-23(34(24)31-26)21-3-1-5-25(30-21)32-13-10-18(35)11-14-32/h1,3,5-9,15-16,18,22,35H,2,4,10-14H2. The minimum absolute atomic E-state index is 0.244. The van der Waals surface area contributed by atoms with Gasteiger partial charge in [-0.3, -0.25) is 0 Å². The predicted octanol–water partition coefficient (Wildman–Crippen LogP) is 4.37. The number of hydrogen-bond acceptors (Lipinski definition) is 6. The third-order valence-electron chi connectivity index (χ3n) is 7.00. The van der Waals surface area contributed by atoms with Crippen molar-refractivity contribution in [1.29, 1.82) is 0 Å². The summed E-state index contributed by atoms with van der Waals surface area (Å²) in [4.78, 5) is 13.6. The molecule has 3 aromatic heterocycles. The van der Waals surface area contributed by atoms with E-state index in [1.807, 2.05) is 35.2 Å². The van der Waals surface area contributed by atoms with Crippen molar-refractivity contribution in [1.82, 2.24) is 19.6 Å². The summed E-state index contributed by atoms with van der Waals surface area (Å²) in [7, 11) is 0. The van der Waals surface area contributed by atoms with E-state index in [2.05, 4.69) is 9.88 Å². The smallest absolute Gasteiger partial charge is 0.154 e. The van der Waals surface area contributed by atoms with Crippen molar-refractivity contribution < 1.29 is 13.9 Å². The fourth-order valence-corrected chi connectivity index (χ4v) is 5.16. The summed E-state index contributed by atoms with van der Waals surface area (Å²) in [5, 5.41) is 14.7. The number of benzene rings is 1. The molecule has 0 spiro atoms. The number of aromatic nitrogens is 4. The van der Waals surface area contributed by atoms with Crippen molar-refractivity contribution in [2.75, 3.05) is 29.4 Å². The highest BCUT2D eigenvalue weighted by molar-refractivity contribution is 5.62. The maximum Gasteiger partial charge on any atom is 0.154 e. The van der Waals surface area contributed by atoms with Crippen molar-refractivity contribution in [3.8, 4) is 11.4 Å². The number of pyridine rings is 1. The topological polar surface area (TPSA) is 69.8 Å². The second kappa shape index (κ2) is 8.88. The first kappa shape index (κ1) is 21.9. The molecule has 2 aliphatic rings. The van der Waals surface area contributed by atoms with Crippen molar-refractivity contribution in [3.63, 3.8) is 0 Å². The SMILES string of the molecule is OC1CCN(c2cccc(-c3cnc4ccc(N5CCCC5c5cc(F)ccc5F)nn34)n2)CC1. The van der Waals surface area contributed by atoms with E-state index in [1.165, 1.54) is 12.1 Å². The Morgan fingerprint density at radius 3 is 2.63 bits per heavy atom. The van der Waals surface area contributed by atoms with Crippen LogP contribution in [0.2, 0.25) is 0 Å². The van der Waals surface area contributed by atoms with Crippen LogP contribution in [0.15, 0.2) is 54.7 Å². The first-order valence-corrected chi connectivity index (χ1v) is 12.0. The lowest BCUT2D eigenvalue weighted by atomic mass is 10.0. The number of hydrogen-bond donors (Lipinski definition) is 1. The molecule has 0 radical (unpaired) electrons. The zero-order chi connectivity index (χ0) is 23.9. The van der Waals surface area contributed by atoms with Gasteiger partial charge >= 0.3 is 0 Å². The molecule has 1 aromatic carbocycles. The van der Waals surface area contributed by atoms with Gasteiger partial charge in [0.05, 0.1) is 24.0 Å². The molecule has 1 unspecified atom stereocenters. The molecule has 2 fully saturated rings. The van der Waals surface area contributed by atoms with Gasteiger partial charge in [-0.2, -0.15) is 0 Å². The van der Waals surface area contributed by atoms with Crippen molar-refractivity contribution in [3.05, 3.63) is 71.9 Å². The first-order chi connectivity index (χ1) is 17.1. The third-order valence-corrected chi connectivity index (χ3v) is 7.00. The van der Waals surface area contributed by atoms with E-state index in [0.717, 1.165) is 62.0 Å². The summed E-state index contributed by atoms with van der Waals surface area (Å²) in [6.07, 6.45) is 4.57. The summed E-state index contributed by atoms with van der Waals surface area (Å²) in [6.45, 7) is 2.23. The van der Waals surface area contributed by atoms with Gasteiger partial charge in [-0.15, -0.1) is 5.10 Å². The highest BCUT2D eigenvalue weighted by Gasteiger charge is 2.30. The van der Waals surface area contributed by atoms with Gasteiger partial charge in [0.25, 0.3) is 0 Å². The lowest BCUT2D eigenvalue weighted by Crippen LogP contribution is -2.36. The number of aliphatic hydroxyl groups is 1. The number of halogens is 2. The quantitative estimate of drug-likeness (QED) is 0.472. The van der Waals surface area contributed by atoms with Crippen LogP contribution in [0.4, 0.5) is 20.4 Å². The van der Waals surface area contributed by atoms with Crippen LogP contribution in [-0.4, -0.2) is 50.4 Å². The molecule has 1 atom stereocenters. The normalized spacial score (nSPS) is 19.1. The van der Waals surface area contributed by atoms with Gasteiger partial charge in [0.2, 0.25) is 0 Å². The third kappa shape index (κ3) is 4.10. The Morgan fingerprint density at radius 1 is 0.914 bits per heavy atom. The van der Waals surface area contributed by atoms with Crippen molar-refractivity contribution in [2.45, 2.75) is 37.8 Å². The van der Waals surface area contributed by atoms with Gasteiger partial charge in [-0.05, 0) is 68.1 Å². The monoisotopic (exact) mass is 476 g/mol. The van der Waals surface area contributed by atoms with Crippen LogP contribution in [0.25, 0.3) is 17.0 Å². The Balaban J connectivity index is 1.34. The zero-order valence-corrected chi connectivity index (χ0v) is 19.2. The molecule has 9 heteroatoms. The fourth-order valence-electron chi connectivity index (χ4n) is 5.16. The molecule has 35 heavy (non-hydrogen) atoms. The lowest BCUT2D eigenvalue weighted by Gasteiger charge is -2.30. The molecule has 0 bridgehead atoms. The molecular weight excluding hydrogens is 450 g/mol. The van der Waals surface area contributed by atoms with Gasteiger partial charge in [-0.1, -0.05) is 6.07 Å². The summed E-state index contributed by atoms with van der Waals surface area (Å²) in [6, 6.07) is 13.0. The maximum absolute atomic E-state index is 14.6. The van der Waals surface area contributed by atoms with Gasteiger partial charge in [0, 0.05) is 25.2 Å². The van der Waals surface area contributed by atoms with Gasteiger partial charge in [-0.25, -0.2) is 23.3 Å². The highest BCUT2D eigenvalue weighted by atomic mass is 19.1. The second-order valence-electron chi connectivity index (χ2n) is 9.22.